The molecule has 6 nitrogen and oxygen atoms in total. The van der Waals surface area contributed by atoms with Gasteiger partial charge >= 0.3 is 5.97 Å². The van der Waals surface area contributed by atoms with Gasteiger partial charge in [0.2, 0.25) is 0 Å². The van der Waals surface area contributed by atoms with Crippen LogP contribution in [0.3, 0.4) is 0 Å². The second kappa shape index (κ2) is 6.15. The molecule has 0 radical (unpaired) electrons. The molecule has 0 spiro atoms. The van der Waals surface area contributed by atoms with E-state index in [-0.39, 0.29) is 17.2 Å². The van der Waals surface area contributed by atoms with Crippen LogP contribution in [-0.4, -0.2) is 32.5 Å². The molecule has 0 aliphatic heterocycles. The van der Waals surface area contributed by atoms with Gasteiger partial charge in [-0.1, -0.05) is 18.2 Å². The topological polar surface area (TPSA) is 98.8 Å². The fourth-order valence-corrected chi connectivity index (χ4v) is 2.55. The number of carbonyl (C=O) groups excluding carboxylic acids is 1. The largest absolute Gasteiger partial charge is 0.461 e. The molecule has 0 amide bonds. The molecule has 0 bridgehead atoms. The van der Waals surface area contributed by atoms with Gasteiger partial charge < -0.3 is 10.6 Å². The predicted octanol–water partition coefficient (Wildman–Crippen LogP) is 0.338. The highest BCUT2D eigenvalue weighted by atomic mass is 32.2. The van der Waals surface area contributed by atoms with Crippen molar-refractivity contribution in [3.05, 3.63) is 30.3 Å². The summed E-state index contributed by atoms with van der Waals surface area (Å²) in [5.74, 6) is 3.61. The average molecular weight is 270 g/mol. The molecule has 0 saturated heterocycles. The maximum absolute atomic E-state index is 12.0. The summed E-state index contributed by atoms with van der Waals surface area (Å²) in [5, 5.41) is 3.18. The van der Waals surface area contributed by atoms with Gasteiger partial charge in [0.1, 0.15) is 5.75 Å². The van der Waals surface area contributed by atoms with E-state index in [0.717, 1.165) is 0 Å². The van der Waals surface area contributed by atoms with Crippen molar-refractivity contribution in [1.82, 2.24) is 0 Å². The summed E-state index contributed by atoms with van der Waals surface area (Å²) in [7, 11) is -3.65. The van der Waals surface area contributed by atoms with Crippen molar-refractivity contribution in [2.45, 2.75) is 11.8 Å². The van der Waals surface area contributed by atoms with Crippen LogP contribution in [-0.2, 0) is 19.4 Å². The maximum atomic E-state index is 12.0. The number of hydrogen-bond donors (Lipinski definition) is 1. The Labute approximate surface area is 105 Å². The molecule has 1 aromatic carbocycles. The number of benzene rings is 1. The van der Waals surface area contributed by atoms with Crippen molar-refractivity contribution in [3.63, 3.8) is 0 Å². The second-order valence-electron chi connectivity index (χ2n) is 3.37. The molecule has 2 N–H and O–H groups in total. The van der Waals surface area contributed by atoms with Gasteiger partial charge in [-0.2, -0.15) is 5.10 Å². The van der Waals surface area contributed by atoms with Crippen LogP contribution in [0, 0.1) is 0 Å². The molecule has 0 heterocycles. The third kappa shape index (κ3) is 3.56. The standard InChI is InChI=1S/C11H14N2O4S/c1-2-17-11(14)10(13-12)8-18(15,16)9-6-4-3-5-7-9/h3-7H,2,8,12H2,1H3. The summed E-state index contributed by atoms with van der Waals surface area (Å²) in [6.45, 7) is 1.74. The van der Waals surface area contributed by atoms with Crippen molar-refractivity contribution in [2.24, 2.45) is 10.9 Å². The fourth-order valence-electron chi connectivity index (χ4n) is 1.25. The van der Waals surface area contributed by atoms with Crippen LogP contribution in [0.4, 0.5) is 0 Å². The molecule has 7 heteroatoms. The van der Waals surface area contributed by atoms with Crippen LogP contribution in [0.25, 0.3) is 0 Å². The number of nitrogens with two attached hydrogens (primary N) is 1. The summed E-state index contributed by atoms with van der Waals surface area (Å²) in [5.41, 5.74) is -0.319. The zero-order valence-corrected chi connectivity index (χ0v) is 10.7. The monoisotopic (exact) mass is 270 g/mol. The first kappa shape index (κ1) is 14.2. The van der Waals surface area contributed by atoms with Crippen LogP contribution < -0.4 is 5.84 Å². The van der Waals surface area contributed by atoms with E-state index >= 15 is 0 Å². The Bertz CT molecular complexity index is 537. The van der Waals surface area contributed by atoms with Crippen molar-refractivity contribution >= 4 is 21.5 Å². The highest BCUT2D eigenvalue weighted by Crippen LogP contribution is 2.10. The Kier molecular flexibility index (Phi) is 4.85. The molecule has 0 atom stereocenters. The van der Waals surface area contributed by atoms with Crippen LogP contribution in [0.5, 0.6) is 0 Å². The summed E-state index contributed by atoms with van der Waals surface area (Å²) in [6, 6.07) is 7.76. The van der Waals surface area contributed by atoms with Gasteiger partial charge in [-0.25, -0.2) is 13.2 Å². The highest BCUT2D eigenvalue weighted by molar-refractivity contribution is 7.92. The molecule has 98 valence electrons. The van der Waals surface area contributed by atoms with Crippen molar-refractivity contribution in [2.75, 3.05) is 12.4 Å². The van der Waals surface area contributed by atoms with Gasteiger partial charge in [-0.15, -0.1) is 0 Å². The summed E-state index contributed by atoms with van der Waals surface area (Å²) in [4.78, 5) is 11.5. The predicted molar refractivity (Wildman–Crippen MR) is 66.8 cm³/mol. The molecule has 0 aromatic heterocycles. The minimum absolute atomic E-state index is 0.107. The summed E-state index contributed by atoms with van der Waals surface area (Å²) >= 11 is 0. The first-order valence-electron chi connectivity index (χ1n) is 5.23. The first-order valence-corrected chi connectivity index (χ1v) is 6.88. The molecule has 18 heavy (non-hydrogen) atoms. The lowest BCUT2D eigenvalue weighted by molar-refractivity contribution is -0.135. The SMILES string of the molecule is CCOC(=O)C(CS(=O)(=O)c1ccccc1)=NN. The molecular weight excluding hydrogens is 256 g/mol. The Morgan fingerprint density at radius 2 is 1.94 bits per heavy atom. The molecule has 0 aliphatic rings. The number of ether oxygens (including phenoxy) is 1. The van der Waals surface area contributed by atoms with Crippen molar-refractivity contribution in [1.29, 1.82) is 0 Å². The summed E-state index contributed by atoms with van der Waals surface area (Å²) in [6.07, 6.45) is 0. The van der Waals surface area contributed by atoms with Crippen LogP contribution in [0.1, 0.15) is 6.92 Å². The maximum Gasteiger partial charge on any atom is 0.355 e. The number of carbonyl (C=O) groups is 1. The van der Waals surface area contributed by atoms with E-state index in [2.05, 4.69) is 9.84 Å². The molecule has 0 fully saturated rings. The normalized spacial score (nSPS) is 12.2. The van der Waals surface area contributed by atoms with Gasteiger partial charge in [0, 0.05) is 0 Å². The van der Waals surface area contributed by atoms with E-state index in [0.29, 0.717) is 0 Å². The first-order chi connectivity index (χ1) is 8.51. The molecule has 0 aliphatic carbocycles. The third-order valence-corrected chi connectivity index (χ3v) is 3.74. The van der Waals surface area contributed by atoms with Gasteiger partial charge in [-0.3, -0.25) is 0 Å². The van der Waals surface area contributed by atoms with Crippen LogP contribution >= 0.6 is 0 Å². The zero-order valence-electron chi connectivity index (χ0n) is 9.87. The fraction of sp³-hybridized carbons (Fsp3) is 0.273. The Morgan fingerprint density at radius 3 is 2.44 bits per heavy atom. The van der Waals surface area contributed by atoms with Crippen molar-refractivity contribution < 1.29 is 17.9 Å². The van der Waals surface area contributed by atoms with E-state index in [9.17, 15) is 13.2 Å². The number of hydrogen-bond acceptors (Lipinski definition) is 6. The molecule has 0 unspecified atom stereocenters. The Balaban J connectivity index is 2.93. The van der Waals surface area contributed by atoms with E-state index in [1.54, 1.807) is 25.1 Å². The highest BCUT2D eigenvalue weighted by Gasteiger charge is 2.23. The minimum atomic E-state index is -3.65. The number of nitrogens with zero attached hydrogens (tertiary/aromatic N) is 1. The van der Waals surface area contributed by atoms with E-state index < -0.39 is 21.6 Å². The van der Waals surface area contributed by atoms with Gasteiger partial charge in [-0.05, 0) is 19.1 Å². The van der Waals surface area contributed by atoms with E-state index in [1.165, 1.54) is 12.1 Å². The van der Waals surface area contributed by atoms with E-state index in [1.807, 2.05) is 0 Å². The quantitative estimate of drug-likeness (QED) is 0.360. The Morgan fingerprint density at radius 1 is 1.33 bits per heavy atom. The number of esters is 1. The van der Waals surface area contributed by atoms with Crippen molar-refractivity contribution in [3.8, 4) is 0 Å². The lowest BCUT2D eigenvalue weighted by Gasteiger charge is -2.06. The third-order valence-electron chi connectivity index (χ3n) is 2.10. The number of sulfone groups is 1. The van der Waals surface area contributed by atoms with Gasteiger partial charge in [0.05, 0.1) is 11.5 Å². The van der Waals surface area contributed by atoms with Gasteiger partial charge in [0.25, 0.3) is 0 Å². The van der Waals surface area contributed by atoms with Gasteiger partial charge in [0.15, 0.2) is 15.5 Å². The number of hydrazone groups is 1. The summed E-state index contributed by atoms with van der Waals surface area (Å²) < 4.78 is 28.6. The lowest BCUT2D eigenvalue weighted by Crippen LogP contribution is -2.27. The molecule has 1 aromatic rings. The molecular formula is C11H14N2O4S. The lowest BCUT2D eigenvalue weighted by atomic mass is 10.4. The van der Waals surface area contributed by atoms with E-state index in [4.69, 9.17) is 5.84 Å². The second-order valence-corrected chi connectivity index (χ2v) is 5.36. The molecule has 1 rings (SSSR count). The number of rotatable bonds is 5. The minimum Gasteiger partial charge on any atom is -0.461 e. The Hall–Kier alpha value is -1.89. The van der Waals surface area contributed by atoms with Crippen LogP contribution in [0.2, 0.25) is 0 Å². The van der Waals surface area contributed by atoms with Crippen LogP contribution in [0.15, 0.2) is 40.3 Å². The molecule has 0 saturated carbocycles. The average Bonchev–Trinajstić information content (AvgIpc) is 2.37. The smallest absolute Gasteiger partial charge is 0.355 e. The zero-order chi connectivity index (χ0) is 13.6.